The average Bonchev–Trinajstić information content (AvgIpc) is 3.16. The van der Waals surface area contributed by atoms with Gasteiger partial charge in [0.15, 0.2) is 0 Å². The fraction of sp³-hybridized carbons (Fsp3) is 0.562. The number of likely N-dealkylation sites (N-methyl/N-ethyl adjacent to an activating group) is 1. The predicted molar refractivity (Wildman–Crippen MR) is 79.5 cm³/mol. The maximum atomic E-state index is 12.8. The fourth-order valence-corrected chi connectivity index (χ4v) is 2.83. The zero-order chi connectivity index (χ0) is 14.0. The Labute approximate surface area is 120 Å². The first-order chi connectivity index (χ1) is 8.99. The van der Waals surface area contributed by atoms with Gasteiger partial charge in [-0.1, -0.05) is 37.6 Å². The first-order valence-corrected chi connectivity index (χ1v) is 7.43. The van der Waals surface area contributed by atoms with Gasteiger partial charge in [-0.25, -0.2) is 0 Å². The SMILES string of the molecule is CCN(CC(C)C)C(=O)C1(c2cccc(Cl)c2)CC1. The Balaban J connectivity index is 2.22. The summed E-state index contributed by atoms with van der Waals surface area (Å²) in [5, 5.41) is 0.712. The summed E-state index contributed by atoms with van der Waals surface area (Å²) >= 11 is 6.06. The first-order valence-electron chi connectivity index (χ1n) is 7.05. The lowest BCUT2D eigenvalue weighted by Gasteiger charge is -2.28. The van der Waals surface area contributed by atoms with Crippen LogP contribution < -0.4 is 0 Å². The predicted octanol–water partition coefficient (Wildman–Crippen LogP) is 3.88. The molecule has 1 aromatic carbocycles. The van der Waals surface area contributed by atoms with Gasteiger partial charge in [0.2, 0.25) is 5.91 Å². The maximum Gasteiger partial charge on any atom is 0.233 e. The van der Waals surface area contributed by atoms with Crippen molar-refractivity contribution in [2.75, 3.05) is 13.1 Å². The molecule has 0 saturated heterocycles. The molecule has 0 aromatic heterocycles. The molecule has 1 aromatic rings. The van der Waals surface area contributed by atoms with Crippen LogP contribution in [0.25, 0.3) is 0 Å². The molecule has 1 aliphatic rings. The monoisotopic (exact) mass is 279 g/mol. The van der Waals surface area contributed by atoms with Crippen molar-refractivity contribution >= 4 is 17.5 Å². The first kappa shape index (κ1) is 14.4. The van der Waals surface area contributed by atoms with Gasteiger partial charge in [-0.3, -0.25) is 4.79 Å². The minimum Gasteiger partial charge on any atom is -0.342 e. The smallest absolute Gasteiger partial charge is 0.233 e. The van der Waals surface area contributed by atoms with Crippen LogP contribution in [0.4, 0.5) is 0 Å². The van der Waals surface area contributed by atoms with E-state index in [1.54, 1.807) is 0 Å². The average molecular weight is 280 g/mol. The van der Waals surface area contributed by atoms with Crippen LogP contribution in [0.3, 0.4) is 0 Å². The van der Waals surface area contributed by atoms with Gasteiger partial charge >= 0.3 is 0 Å². The Morgan fingerprint density at radius 2 is 2.11 bits per heavy atom. The number of benzene rings is 1. The van der Waals surface area contributed by atoms with Gasteiger partial charge in [0.1, 0.15) is 0 Å². The highest BCUT2D eigenvalue weighted by atomic mass is 35.5. The minimum absolute atomic E-state index is 0.269. The molecular formula is C16H22ClNO. The van der Waals surface area contributed by atoms with E-state index in [0.717, 1.165) is 31.5 Å². The Hall–Kier alpha value is -1.02. The molecule has 0 atom stereocenters. The Morgan fingerprint density at radius 3 is 2.58 bits per heavy atom. The summed E-state index contributed by atoms with van der Waals surface area (Å²) in [6.45, 7) is 7.95. The van der Waals surface area contributed by atoms with Gasteiger partial charge in [0, 0.05) is 18.1 Å². The Bertz CT molecular complexity index is 466. The third kappa shape index (κ3) is 2.94. The van der Waals surface area contributed by atoms with Gasteiger partial charge in [0.25, 0.3) is 0 Å². The highest BCUT2D eigenvalue weighted by molar-refractivity contribution is 6.30. The van der Waals surface area contributed by atoms with Crippen molar-refractivity contribution in [1.82, 2.24) is 4.90 Å². The van der Waals surface area contributed by atoms with E-state index < -0.39 is 0 Å². The van der Waals surface area contributed by atoms with Crippen LogP contribution >= 0.6 is 11.6 Å². The molecule has 3 heteroatoms. The van der Waals surface area contributed by atoms with Gasteiger partial charge in [-0.2, -0.15) is 0 Å². The molecule has 2 rings (SSSR count). The van der Waals surface area contributed by atoms with Crippen LogP contribution in [0, 0.1) is 5.92 Å². The van der Waals surface area contributed by atoms with Crippen LogP contribution in [0.1, 0.15) is 39.2 Å². The molecule has 104 valence electrons. The molecular weight excluding hydrogens is 258 g/mol. The number of rotatable bonds is 5. The van der Waals surface area contributed by atoms with Crippen LogP contribution in [-0.4, -0.2) is 23.9 Å². The summed E-state index contributed by atoms with van der Waals surface area (Å²) in [5.74, 6) is 0.769. The lowest BCUT2D eigenvalue weighted by Crippen LogP contribution is -2.41. The van der Waals surface area contributed by atoms with Crippen molar-refractivity contribution < 1.29 is 4.79 Å². The number of carbonyl (C=O) groups excluding carboxylic acids is 1. The largest absolute Gasteiger partial charge is 0.342 e. The van der Waals surface area contributed by atoms with E-state index in [4.69, 9.17) is 11.6 Å². The minimum atomic E-state index is -0.296. The van der Waals surface area contributed by atoms with Gasteiger partial charge in [-0.05, 0) is 43.4 Å². The number of halogens is 1. The molecule has 0 aliphatic heterocycles. The van der Waals surface area contributed by atoms with E-state index in [1.165, 1.54) is 0 Å². The number of carbonyl (C=O) groups is 1. The zero-order valence-corrected chi connectivity index (χ0v) is 12.7. The van der Waals surface area contributed by atoms with Crippen LogP contribution in [0.2, 0.25) is 5.02 Å². The second-order valence-corrected chi connectivity index (χ2v) is 6.27. The third-order valence-corrected chi connectivity index (χ3v) is 4.03. The third-order valence-electron chi connectivity index (χ3n) is 3.79. The van der Waals surface area contributed by atoms with E-state index in [0.29, 0.717) is 10.9 Å². The van der Waals surface area contributed by atoms with E-state index in [-0.39, 0.29) is 11.3 Å². The topological polar surface area (TPSA) is 20.3 Å². The molecule has 0 unspecified atom stereocenters. The van der Waals surface area contributed by atoms with Crippen LogP contribution in [-0.2, 0) is 10.2 Å². The summed E-state index contributed by atoms with van der Waals surface area (Å²) in [7, 11) is 0. The summed E-state index contributed by atoms with van der Waals surface area (Å²) in [4.78, 5) is 14.8. The number of hydrogen-bond acceptors (Lipinski definition) is 1. The van der Waals surface area contributed by atoms with Crippen molar-refractivity contribution in [1.29, 1.82) is 0 Å². The fourth-order valence-electron chi connectivity index (χ4n) is 2.64. The maximum absolute atomic E-state index is 12.8. The van der Waals surface area contributed by atoms with Crippen LogP contribution in [0.5, 0.6) is 0 Å². The van der Waals surface area contributed by atoms with Gasteiger partial charge in [-0.15, -0.1) is 0 Å². The summed E-state index contributed by atoms with van der Waals surface area (Å²) in [6, 6.07) is 7.76. The second-order valence-electron chi connectivity index (χ2n) is 5.83. The quantitative estimate of drug-likeness (QED) is 0.801. The molecule has 1 aliphatic carbocycles. The Morgan fingerprint density at radius 1 is 1.42 bits per heavy atom. The number of hydrogen-bond donors (Lipinski definition) is 0. The normalized spacial score (nSPS) is 16.5. The number of amides is 1. The molecule has 1 amide bonds. The van der Waals surface area contributed by atoms with Crippen molar-refractivity contribution in [2.45, 2.75) is 39.0 Å². The van der Waals surface area contributed by atoms with Crippen molar-refractivity contribution in [3.8, 4) is 0 Å². The van der Waals surface area contributed by atoms with Gasteiger partial charge in [0.05, 0.1) is 5.41 Å². The zero-order valence-electron chi connectivity index (χ0n) is 11.9. The Kier molecular flexibility index (Phi) is 4.19. The van der Waals surface area contributed by atoms with E-state index in [1.807, 2.05) is 36.1 Å². The molecule has 0 N–H and O–H groups in total. The van der Waals surface area contributed by atoms with E-state index in [9.17, 15) is 4.79 Å². The summed E-state index contributed by atoms with van der Waals surface area (Å²) in [6.07, 6.45) is 1.89. The summed E-state index contributed by atoms with van der Waals surface area (Å²) < 4.78 is 0. The number of nitrogens with zero attached hydrogens (tertiary/aromatic N) is 1. The van der Waals surface area contributed by atoms with Crippen molar-refractivity contribution in [2.24, 2.45) is 5.92 Å². The summed E-state index contributed by atoms with van der Waals surface area (Å²) in [5.41, 5.74) is 0.780. The standard InChI is InChI=1S/C16H22ClNO/c1-4-18(11-12(2)3)15(19)16(8-9-16)13-6-5-7-14(17)10-13/h5-7,10,12H,4,8-9,11H2,1-3H3. The lowest BCUT2D eigenvalue weighted by atomic mass is 9.94. The molecule has 2 nitrogen and oxygen atoms in total. The van der Waals surface area contributed by atoms with Crippen molar-refractivity contribution in [3.63, 3.8) is 0 Å². The molecule has 1 fully saturated rings. The van der Waals surface area contributed by atoms with Crippen molar-refractivity contribution in [3.05, 3.63) is 34.9 Å². The molecule has 0 radical (unpaired) electrons. The molecule has 19 heavy (non-hydrogen) atoms. The van der Waals surface area contributed by atoms with Crippen LogP contribution in [0.15, 0.2) is 24.3 Å². The highest BCUT2D eigenvalue weighted by Crippen LogP contribution is 2.50. The lowest BCUT2D eigenvalue weighted by molar-refractivity contribution is -0.134. The van der Waals surface area contributed by atoms with Gasteiger partial charge < -0.3 is 4.90 Å². The second kappa shape index (κ2) is 5.54. The molecule has 0 spiro atoms. The highest BCUT2D eigenvalue weighted by Gasteiger charge is 2.52. The molecule has 0 heterocycles. The van der Waals surface area contributed by atoms with E-state index >= 15 is 0 Å². The van der Waals surface area contributed by atoms with E-state index in [2.05, 4.69) is 13.8 Å². The molecule has 1 saturated carbocycles. The molecule has 0 bridgehead atoms.